The van der Waals surface area contributed by atoms with Crippen molar-refractivity contribution in [2.45, 2.75) is 148 Å². The monoisotopic (exact) mass is 867 g/mol. The number of aliphatic hydroxyl groups is 1. The van der Waals surface area contributed by atoms with Gasteiger partial charge in [0.15, 0.2) is 17.7 Å². The highest BCUT2D eigenvalue weighted by molar-refractivity contribution is 6.00. The van der Waals surface area contributed by atoms with Crippen molar-refractivity contribution in [3.63, 3.8) is 0 Å². The van der Waals surface area contributed by atoms with Gasteiger partial charge in [-0.1, -0.05) is 34.3 Å². The molecule has 16 heteroatoms. The number of ketones is 2. The van der Waals surface area contributed by atoms with E-state index in [9.17, 15) is 24.3 Å². The summed E-state index contributed by atoms with van der Waals surface area (Å²) in [5.41, 5.74) is -0.278. The fraction of sp³-hybridized carbons (Fsp3) is 0.696. The van der Waals surface area contributed by atoms with Gasteiger partial charge in [0.25, 0.3) is 0 Å². The van der Waals surface area contributed by atoms with E-state index >= 15 is 0 Å². The van der Waals surface area contributed by atoms with Gasteiger partial charge in [-0.25, -0.2) is 14.8 Å². The van der Waals surface area contributed by atoms with E-state index in [0.717, 1.165) is 17.0 Å². The highest BCUT2D eigenvalue weighted by Gasteiger charge is 2.61. The summed E-state index contributed by atoms with van der Waals surface area (Å²) >= 11 is 0. The predicted molar refractivity (Wildman–Crippen MR) is 230 cm³/mol. The van der Waals surface area contributed by atoms with Gasteiger partial charge >= 0.3 is 12.1 Å². The van der Waals surface area contributed by atoms with Gasteiger partial charge in [0.2, 0.25) is 5.88 Å². The maximum absolute atomic E-state index is 14.9. The van der Waals surface area contributed by atoms with Crippen molar-refractivity contribution in [1.29, 1.82) is 0 Å². The lowest BCUT2D eigenvalue weighted by Crippen LogP contribution is -2.60. The average Bonchev–Trinajstić information content (AvgIpc) is 3.77. The molecule has 5 rings (SSSR count). The lowest BCUT2D eigenvalue weighted by atomic mass is 9.72. The van der Waals surface area contributed by atoms with Crippen LogP contribution in [0.25, 0.3) is 11.3 Å². The van der Waals surface area contributed by atoms with Gasteiger partial charge in [0.1, 0.15) is 23.9 Å². The summed E-state index contributed by atoms with van der Waals surface area (Å²) in [6.07, 6.45) is 1.78. The van der Waals surface area contributed by atoms with Crippen LogP contribution < -0.4 is 4.74 Å². The number of carbonyl (C=O) groups is 4. The summed E-state index contributed by atoms with van der Waals surface area (Å²) in [4.78, 5) is 69.8. The Balaban J connectivity index is 1.45. The average molecular weight is 868 g/mol. The molecule has 344 valence electrons. The van der Waals surface area contributed by atoms with Crippen molar-refractivity contribution >= 4 is 23.6 Å². The van der Waals surface area contributed by atoms with Crippen molar-refractivity contribution < 1.29 is 52.7 Å². The van der Waals surface area contributed by atoms with E-state index in [-0.39, 0.29) is 37.3 Å². The number of aryl methyl sites for hydroxylation is 1. The van der Waals surface area contributed by atoms with E-state index in [1.54, 1.807) is 65.2 Å². The first kappa shape index (κ1) is 48.8. The van der Waals surface area contributed by atoms with Crippen LogP contribution in [0.1, 0.15) is 86.3 Å². The van der Waals surface area contributed by atoms with Crippen molar-refractivity contribution in [1.82, 2.24) is 24.3 Å². The van der Waals surface area contributed by atoms with Crippen molar-refractivity contribution in [3.05, 3.63) is 43.0 Å². The highest BCUT2D eigenvalue weighted by atomic mass is 16.7. The number of hydrogen-bond acceptors (Lipinski definition) is 14. The zero-order valence-corrected chi connectivity index (χ0v) is 38.7. The standard InChI is InChI=1S/C46H69N5O11/c1-14-34-46(15-2)40(51(44(56)62-46)21-17-16-20-50-25-48-36(31(50)8)32-18-19-35(57-12)47-24-32)28(5)37(52)26(3)23-45(9,58-13)41(29(6)38(53)30(7)42(55)60-34)61-43-39(54)33(49(10)11)22-27(4)59-43/h15,18-19,24-30,33-34,39-41,43,54H,2,14,16-17,20-23H2,1,3-13H3/t26-,27-,28+,29+,30-,33+,34-,39-,40+,41-,43?,45+,46-/m1/s1. The molecule has 3 saturated heterocycles. The summed E-state index contributed by atoms with van der Waals surface area (Å²) in [5.74, 6) is -4.74. The summed E-state index contributed by atoms with van der Waals surface area (Å²) in [6.45, 7) is 19.1. The number of hydrogen-bond donors (Lipinski definition) is 1. The van der Waals surface area contributed by atoms with Crippen molar-refractivity contribution in [3.8, 4) is 17.1 Å². The lowest BCUT2D eigenvalue weighted by Gasteiger charge is -2.47. The van der Waals surface area contributed by atoms with Crippen molar-refractivity contribution in [2.24, 2.45) is 23.7 Å². The number of pyridine rings is 1. The van der Waals surface area contributed by atoms with Crippen LogP contribution in [0.3, 0.4) is 0 Å². The molecule has 5 heterocycles. The number of carbonyl (C=O) groups excluding carboxylic acids is 4. The topological polar surface area (TPSA) is 181 Å². The van der Waals surface area contributed by atoms with E-state index in [0.29, 0.717) is 31.7 Å². The Morgan fingerprint density at radius 1 is 1.02 bits per heavy atom. The third kappa shape index (κ3) is 9.64. The molecule has 3 fully saturated rings. The van der Waals surface area contributed by atoms with Crippen LogP contribution in [-0.4, -0.2) is 142 Å². The summed E-state index contributed by atoms with van der Waals surface area (Å²) in [6, 6.07) is 2.49. The minimum Gasteiger partial charge on any atom is -0.481 e. The molecule has 1 unspecified atom stereocenters. The number of nitrogens with zero attached hydrogens (tertiary/aromatic N) is 5. The number of esters is 1. The number of aliphatic hydroxyl groups excluding tert-OH is 1. The zero-order valence-electron chi connectivity index (χ0n) is 38.7. The Kier molecular flexibility index (Phi) is 15.8. The van der Waals surface area contributed by atoms with Crippen LogP contribution in [-0.2, 0) is 44.6 Å². The van der Waals surface area contributed by atoms with E-state index in [1.165, 1.54) is 20.1 Å². The first-order valence-corrected chi connectivity index (χ1v) is 21.9. The molecule has 16 nitrogen and oxygen atoms in total. The smallest absolute Gasteiger partial charge is 0.411 e. The molecule has 1 amide bonds. The van der Waals surface area contributed by atoms with Crippen molar-refractivity contribution in [2.75, 3.05) is 34.9 Å². The number of aromatic nitrogens is 3. The summed E-state index contributed by atoms with van der Waals surface area (Å²) in [5, 5.41) is 11.5. The second-order valence-corrected chi connectivity index (χ2v) is 17.9. The molecule has 62 heavy (non-hydrogen) atoms. The molecule has 13 atom stereocenters. The number of unbranched alkanes of at least 4 members (excludes halogenated alkanes) is 1. The second kappa shape index (κ2) is 20.1. The number of amides is 1. The summed E-state index contributed by atoms with van der Waals surface area (Å²) in [7, 11) is 6.79. The number of cyclic esters (lactones) is 1. The second-order valence-electron chi connectivity index (χ2n) is 17.9. The molecule has 0 saturated carbocycles. The molecule has 1 N–H and O–H groups in total. The molecule has 0 radical (unpaired) electrons. The number of fused-ring (bicyclic) bond motifs is 1. The van der Waals surface area contributed by atoms with Crippen LogP contribution in [0.5, 0.6) is 5.88 Å². The maximum Gasteiger partial charge on any atom is 0.411 e. The minimum atomic E-state index is -1.61. The number of ether oxygens (including phenoxy) is 6. The minimum absolute atomic E-state index is 0.0991. The van der Waals surface area contributed by atoms with Gasteiger partial charge in [-0.2, -0.15) is 0 Å². The molecule has 3 aliphatic rings. The molecule has 3 aliphatic heterocycles. The number of imidazole rings is 1. The number of likely N-dealkylation sites (N-methyl/N-ethyl adjacent to an activating group) is 1. The largest absolute Gasteiger partial charge is 0.481 e. The lowest BCUT2D eigenvalue weighted by molar-refractivity contribution is -0.295. The van der Waals surface area contributed by atoms with Gasteiger partial charge in [0.05, 0.1) is 43.0 Å². The number of methoxy groups -OCH3 is 2. The maximum atomic E-state index is 14.9. The zero-order chi connectivity index (χ0) is 45.8. The van der Waals surface area contributed by atoms with Crippen LogP contribution >= 0.6 is 0 Å². The number of Topliss-reactive ketones (excluding diaryl/α,β-unsaturated/α-hetero) is 2. The van der Waals surface area contributed by atoms with E-state index < -0.39 is 83.4 Å². The Morgan fingerprint density at radius 2 is 1.71 bits per heavy atom. The van der Waals surface area contributed by atoms with E-state index in [1.807, 2.05) is 43.5 Å². The molecule has 0 aromatic carbocycles. The first-order chi connectivity index (χ1) is 29.3. The van der Waals surface area contributed by atoms with Crippen LogP contribution in [0.15, 0.2) is 37.3 Å². The van der Waals surface area contributed by atoms with Crippen LogP contribution in [0.2, 0.25) is 0 Å². The summed E-state index contributed by atoms with van der Waals surface area (Å²) < 4.78 is 38.6. The molecule has 2 aromatic rings. The van der Waals surface area contributed by atoms with Crippen LogP contribution in [0, 0.1) is 30.6 Å². The Morgan fingerprint density at radius 3 is 2.31 bits per heavy atom. The van der Waals surface area contributed by atoms with E-state index in [2.05, 4.69) is 16.5 Å². The SMILES string of the molecule is C=C[C@]12OC(=O)N(CCCCn3cnc(-c4ccc(OC)nc4)c3C)[C@H]1[C@@H](C)C(=O)[C@H](C)C[C@](C)(OC)[C@H](OC1O[C@H](C)C[C@H](N(C)C)[C@H]1O)[C@@H](C)C(=O)[C@@H](C)C(=O)O[C@@H]2CC. The molecular weight excluding hydrogens is 799 g/mol. The molecule has 0 bridgehead atoms. The first-order valence-electron chi connectivity index (χ1n) is 21.9. The third-order valence-corrected chi connectivity index (χ3v) is 13.5. The third-order valence-electron chi connectivity index (χ3n) is 13.5. The van der Waals surface area contributed by atoms with Gasteiger partial charge < -0.3 is 43.0 Å². The Hall–Kier alpha value is -4.22. The van der Waals surface area contributed by atoms with Gasteiger partial charge in [-0.05, 0) is 86.0 Å². The molecule has 0 spiro atoms. The predicted octanol–water partition coefficient (Wildman–Crippen LogP) is 5.41. The number of rotatable bonds is 13. The van der Waals surface area contributed by atoms with Gasteiger partial charge in [-0.3, -0.25) is 19.3 Å². The normalized spacial score (nSPS) is 35.0. The Labute approximate surface area is 366 Å². The van der Waals surface area contributed by atoms with Crippen LogP contribution in [0.4, 0.5) is 4.79 Å². The molecule has 0 aliphatic carbocycles. The van der Waals surface area contributed by atoms with E-state index in [4.69, 9.17) is 28.4 Å². The Bertz CT molecular complexity index is 1900. The van der Waals surface area contributed by atoms with Gasteiger partial charge in [0, 0.05) is 67.5 Å². The fourth-order valence-corrected chi connectivity index (χ4v) is 9.84. The molecular formula is C46H69N5O11. The fourth-order valence-electron chi connectivity index (χ4n) is 9.84. The quantitative estimate of drug-likeness (QED) is 0.117. The highest BCUT2D eigenvalue weighted by Crippen LogP contribution is 2.44. The van der Waals surface area contributed by atoms with Gasteiger partial charge in [-0.15, -0.1) is 0 Å². The molecule has 2 aromatic heterocycles.